The Kier molecular flexibility index (Phi) is 10.9. The summed E-state index contributed by atoms with van der Waals surface area (Å²) in [6.45, 7) is 10.0. The van der Waals surface area contributed by atoms with Gasteiger partial charge >= 0.3 is 0 Å². The van der Waals surface area contributed by atoms with E-state index in [4.69, 9.17) is 9.47 Å². The number of ether oxygens (including phenoxy) is 2. The highest BCUT2D eigenvalue weighted by Crippen LogP contribution is 2.35. The first-order chi connectivity index (χ1) is 20.8. The zero-order valence-corrected chi connectivity index (χ0v) is 27.0. The Morgan fingerprint density at radius 1 is 1.05 bits per heavy atom. The molecule has 4 atom stereocenters. The van der Waals surface area contributed by atoms with Gasteiger partial charge in [0.1, 0.15) is 6.04 Å². The number of fused-ring (bicyclic) bond motifs is 1. The van der Waals surface area contributed by atoms with Crippen LogP contribution in [-0.4, -0.2) is 80.3 Å². The molecule has 11 nitrogen and oxygen atoms in total. The molecule has 2 aliphatic heterocycles. The molecular formula is C32H46N4O7S. The second-order valence-corrected chi connectivity index (χ2v) is 15.0. The van der Waals surface area contributed by atoms with Crippen molar-refractivity contribution in [2.24, 2.45) is 11.3 Å². The number of carbonyl (C=O) groups excluding carboxylic acids is 2. The van der Waals surface area contributed by atoms with Crippen molar-refractivity contribution in [2.45, 2.75) is 83.0 Å². The van der Waals surface area contributed by atoms with E-state index in [0.717, 1.165) is 18.5 Å². The van der Waals surface area contributed by atoms with Crippen molar-refractivity contribution >= 4 is 21.8 Å². The van der Waals surface area contributed by atoms with Crippen molar-refractivity contribution in [2.75, 3.05) is 26.4 Å². The van der Waals surface area contributed by atoms with Crippen LogP contribution >= 0.6 is 0 Å². The van der Waals surface area contributed by atoms with Gasteiger partial charge in [0, 0.05) is 19.2 Å². The van der Waals surface area contributed by atoms with Crippen molar-refractivity contribution in [3.8, 4) is 11.5 Å². The number of aliphatic hydroxyl groups is 1. The van der Waals surface area contributed by atoms with Crippen LogP contribution in [0.5, 0.6) is 11.5 Å². The topological polar surface area (TPSA) is 146 Å². The molecule has 2 aromatic carbocycles. The van der Waals surface area contributed by atoms with Gasteiger partial charge in [0.05, 0.1) is 23.1 Å². The molecule has 0 spiro atoms. The van der Waals surface area contributed by atoms with Gasteiger partial charge < -0.3 is 30.5 Å². The van der Waals surface area contributed by atoms with Crippen LogP contribution in [0.15, 0.2) is 53.4 Å². The third-order valence-corrected chi connectivity index (χ3v) is 9.65. The molecule has 2 amide bonds. The highest BCUT2D eigenvalue weighted by atomic mass is 32.2. The Bertz CT molecular complexity index is 1390. The van der Waals surface area contributed by atoms with E-state index < -0.39 is 39.5 Å². The second kappa shape index (κ2) is 14.3. The van der Waals surface area contributed by atoms with Crippen LogP contribution in [0.3, 0.4) is 0 Å². The molecule has 0 unspecified atom stereocenters. The number of hydrogen-bond acceptors (Lipinski definition) is 8. The number of aliphatic hydroxyl groups excluding tert-OH is 1. The van der Waals surface area contributed by atoms with Gasteiger partial charge in [0.15, 0.2) is 11.5 Å². The summed E-state index contributed by atoms with van der Waals surface area (Å²) in [5.74, 6) is 0.0778. The van der Waals surface area contributed by atoms with Crippen molar-refractivity contribution in [3.63, 3.8) is 0 Å². The van der Waals surface area contributed by atoms with E-state index in [1.54, 1.807) is 6.07 Å². The van der Waals surface area contributed by atoms with Gasteiger partial charge in [0.25, 0.3) is 0 Å². The number of carbonyl (C=O) groups is 2. The summed E-state index contributed by atoms with van der Waals surface area (Å²) in [7, 11) is -4.05. The maximum absolute atomic E-state index is 13.9. The Morgan fingerprint density at radius 3 is 2.39 bits per heavy atom. The van der Waals surface area contributed by atoms with Gasteiger partial charge in [-0.3, -0.25) is 9.59 Å². The standard InChI is InChI=1S/C32H46N4O7S/c1-21(2)18-36(44(40,41)23-13-14-27-28(17-23)43-20-42-27)19-26(37)25(16-22-10-7-6-8-11-22)34-31(39)29(32(3,4)5)35-30(38)24-12-9-15-33-24/h6-8,10-11,13-14,17,21,24-26,29,33,37H,9,12,15-16,18-20H2,1-5H3,(H,34,39)(H,35,38)/t24-,25+,26-,29-/m1/s1. The molecule has 0 saturated carbocycles. The molecular weight excluding hydrogens is 584 g/mol. The fourth-order valence-electron chi connectivity index (χ4n) is 5.44. The lowest BCUT2D eigenvalue weighted by Crippen LogP contribution is -2.60. The molecule has 0 bridgehead atoms. The molecule has 4 N–H and O–H groups in total. The number of sulfonamides is 1. The lowest BCUT2D eigenvalue weighted by Gasteiger charge is -2.35. The molecule has 12 heteroatoms. The monoisotopic (exact) mass is 630 g/mol. The summed E-state index contributed by atoms with van der Waals surface area (Å²) in [6, 6.07) is 11.7. The highest BCUT2D eigenvalue weighted by molar-refractivity contribution is 7.89. The van der Waals surface area contributed by atoms with Crippen molar-refractivity contribution in [1.29, 1.82) is 0 Å². The van der Waals surface area contributed by atoms with Crippen LogP contribution in [-0.2, 0) is 26.0 Å². The average molecular weight is 631 g/mol. The van der Waals surface area contributed by atoms with Gasteiger partial charge in [-0.2, -0.15) is 4.31 Å². The molecule has 2 aromatic rings. The summed E-state index contributed by atoms with van der Waals surface area (Å²) in [5, 5.41) is 20.7. The lowest BCUT2D eigenvalue weighted by molar-refractivity contribution is -0.133. The van der Waals surface area contributed by atoms with Gasteiger partial charge in [-0.05, 0) is 54.8 Å². The minimum atomic E-state index is -4.05. The predicted octanol–water partition coefficient (Wildman–Crippen LogP) is 2.43. The third kappa shape index (κ3) is 8.50. The maximum Gasteiger partial charge on any atom is 0.243 e. The Labute approximate surface area is 260 Å². The van der Waals surface area contributed by atoms with E-state index in [-0.39, 0.29) is 49.1 Å². The van der Waals surface area contributed by atoms with Gasteiger partial charge in [0.2, 0.25) is 28.6 Å². The molecule has 0 radical (unpaired) electrons. The molecule has 0 aromatic heterocycles. The normalized spacial score (nSPS) is 18.7. The van der Waals surface area contributed by atoms with Crippen molar-refractivity contribution in [1.82, 2.24) is 20.3 Å². The zero-order chi connectivity index (χ0) is 32.1. The van der Waals surface area contributed by atoms with Crippen LogP contribution in [0.4, 0.5) is 0 Å². The lowest BCUT2D eigenvalue weighted by atomic mass is 9.85. The maximum atomic E-state index is 13.9. The molecule has 0 aliphatic carbocycles. The smallest absolute Gasteiger partial charge is 0.243 e. The minimum Gasteiger partial charge on any atom is -0.454 e. The average Bonchev–Trinajstić information content (AvgIpc) is 3.67. The summed E-state index contributed by atoms with van der Waals surface area (Å²) >= 11 is 0. The van der Waals surface area contributed by atoms with Gasteiger partial charge in [-0.25, -0.2) is 8.42 Å². The number of nitrogens with zero attached hydrogens (tertiary/aromatic N) is 1. The number of hydrogen-bond donors (Lipinski definition) is 4. The van der Waals surface area contributed by atoms with Crippen molar-refractivity contribution in [3.05, 3.63) is 54.1 Å². The van der Waals surface area contributed by atoms with Crippen LogP contribution in [0.2, 0.25) is 0 Å². The van der Waals surface area contributed by atoms with E-state index in [9.17, 15) is 23.1 Å². The fraction of sp³-hybridized carbons (Fsp3) is 0.562. The fourth-order valence-corrected chi connectivity index (χ4v) is 7.08. The Hall–Kier alpha value is -3.19. The SMILES string of the molecule is CC(C)CN(C[C@@H](O)[C@H](Cc1ccccc1)NC(=O)[C@@H](NC(=O)[C@H]1CCCN1)C(C)(C)C)S(=O)(=O)c1ccc2c(c1)OCO2. The largest absolute Gasteiger partial charge is 0.454 e. The summed E-state index contributed by atoms with van der Waals surface area (Å²) in [6.07, 6.45) is 0.568. The quantitative estimate of drug-likeness (QED) is 0.264. The number of amides is 2. The Morgan fingerprint density at radius 2 is 1.75 bits per heavy atom. The van der Waals surface area contributed by atoms with E-state index in [1.165, 1.54) is 16.4 Å². The molecule has 2 heterocycles. The number of rotatable bonds is 13. The van der Waals surface area contributed by atoms with E-state index >= 15 is 0 Å². The van der Waals surface area contributed by atoms with Crippen LogP contribution in [0.1, 0.15) is 53.0 Å². The molecule has 242 valence electrons. The summed E-state index contributed by atoms with van der Waals surface area (Å²) in [4.78, 5) is 26.8. The van der Waals surface area contributed by atoms with E-state index in [2.05, 4.69) is 16.0 Å². The molecule has 1 saturated heterocycles. The third-order valence-electron chi connectivity index (χ3n) is 7.82. The number of nitrogens with one attached hydrogen (secondary N) is 3. The molecule has 44 heavy (non-hydrogen) atoms. The first-order valence-electron chi connectivity index (χ1n) is 15.2. The number of benzene rings is 2. The van der Waals surface area contributed by atoms with E-state index in [1.807, 2.05) is 65.0 Å². The van der Waals surface area contributed by atoms with Crippen LogP contribution < -0.4 is 25.4 Å². The summed E-state index contributed by atoms with van der Waals surface area (Å²) in [5.41, 5.74) is 0.227. The first-order valence-corrected chi connectivity index (χ1v) is 16.7. The molecule has 4 rings (SSSR count). The minimum absolute atomic E-state index is 0.0152. The second-order valence-electron chi connectivity index (χ2n) is 13.1. The van der Waals surface area contributed by atoms with E-state index in [0.29, 0.717) is 17.9 Å². The van der Waals surface area contributed by atoms with Crippen LogP contribution in [0, 0.1) is 11.3 Å². The van der Waals surface area contributed by atoms with Crippen molar-refractivity contribution < 1.29 is 32.6 Å². The van der Waals surface area contributed by atoms with Crippen LogP contribution in [0.25, 0.3) is 0 Å². The first kappa shape index (κ1) is 33.7. The predicted molar refractivity (Wildman–Crippen MR) is 167 cm³/mol. The summed E-state index contributed by atoms with van der Waals surface area (Å²) < 4.78 is 39.7. The zero-order valence-electron chi connectivity index (χ0n) is 26.2. The van der Waals surface area contributed by atoms with Gasteiger partial charge in [-0.15, -0.1) is 0 Å². The van der Waals surface area contributed by atoms with Gasteiger partial charge in [-0.1, -0.05) is 65.0 Å². The molecule has 1 fully saturated rings. The molecule has 2 aliphatic rings. The Balaban J connectivity index is 1.58. The highest BCUT2D eigenvalue weighted by Gasteiger charge is 2.38.